The van der Waals surface area contributed by atoms with E-state index >= 15 is 0 Å². The van der Waals surface area contributed by atoms with Crippen molar-refractivity contribution in [2.75, 3.05) is 21.3 Å². The summed E-state index contributed by atoms with van der Waals surface area (Å²) >= 11 is 0. The fraction of sp³-hybridized carbons (Fsp3) is 0.176. The predicted octanol–water partition coefficient (Wildman–Crippen LogP) is 3.79. The zero-order valence-corrected chi connectivity index (χ0v) is 13.1. The lowest BCUT2D eigenvalue weighted by molar-refractivity contribution is -0.384. The molecule has 2 aromatic carbocycles. The standard InChI is InChI=1S/C17H17NO5/c1-21-15-10-13(11-16(22-2)17(15)23-3)5-4-12-6-8-14(9-7-12)18(19)20/h4-11H,1-3H3/b5-4-. The van der Waals surface area contributed by atoms with Gasteiger partial charge in [0.2, 0.25) is 5.75 Å². The van der Waals surface area contributed by atoms with Crippen LogP contribution in [0.2, 0.25) is 0 Å². The molecule has 0 saturated carbocycles. The summed E-state index contributed by atoms with van der Waals surface area (Å²) in [6.45, 7) is 0. The van der Waals surface area contributed by atoms with E-state index in [0.717, 1.165) is 11.1 Å². The molecule has 0 spiro atoms. The first-order chi connectivity index (χ1) is 11.1. The molecular weight excluding hydrogens is 298 g/mol. The minimum Gasteiger partial charge on any atom is -0.493 e. The lowest BCUT2D eigenvalue weighted by atomic mass is 10.1. The second kappa shape index (κ2) is 7.31. The summed E-state index contributed by atoms with van der Waals surface area (Å²) in [5, 5.41) is 10.6. The first-order valence-electron chi connectivity index (χ1n) is 6.81. The molecule has 6 heteroatoms. The number of benzene rings is 2. The summed E-state index contributed by atoms with van der Waals surface area (Å²) < 4.78 is 15.9. The maximum absolute atomic E-state index is 10.6. The highest BCUT2D eigenvalue weighted by atomic mass is 16.6. The average Bonchev–Trinajstić information content (AvgIpc) is 2.59. The van der Waals surface area contributed by atoms with Gasteiger partial charge < -0.3 is 14.2 Å². The Bertz CT molecular complexity index is 697. The van der Waals surface area contributed by atoms with Crippen molar-refractivity contribution in [3.63, 3.8) is 0 Å². The average molecular weight is 315 g/mol. The van der Waals surface area contributed by atoms with Crippen LogP contribution in [-0.2, 0) is 0 Å². The highest BCUT2D eigenvalue weighted by Crippen LogP contribution is 2.38. The Hall–Kier alpha value is -3.02. The molecule has 0 bridgehead atoms. The summed E-state index contributed by atoms with van der Waals surface area (Å²) in [6.07, 6.45) is 3.72. The van der Waals surface area contributed by atoms with E-state index in [1.165, 1.54) is 12.1 Å². The number of ether oxygens (including phenoxy) is 3. The molecule has 0 atom stereocenters. The van der Waals surface area contributed by atoms with Gasteiger partial charge in [-0.3, -0.25) is 10.1 Å². The quantitative estimate of drug-likeness (QED) is 0.461. The van der Waals surface area contributed by atoms with E-state index in [4.69, 9.17) is 14.2 Å². The number of methoxy groups -OCH3 is 3. The fourth-order valence-corrected chi connectivity index (χ4v) is 2.10. The molecule has 2 aromatic rings. The second-order valence-corrected chi connectivity index (χ2v) is 4.64. The van der Waals surface area contributed by atoms with Crippen molar-refractivity contribution in [1.82, 2.24) is 0 Å². The maximum Gasteiger partial charge on any atom is 0.269 e. The third-order valence-electron chi connectivity index (χ3n) is 3.26. The summed E-state index contributed by atoms with van der Waals surface area (Å²) in [6, 6.07) is 9.95. The van der Waals surface area contributed by atoms with Gasteiger partial charge in [-0.2, -0.15) is 0 Å². The molecule has 0 saturated heterocycles. The van der Waals surface area contributed by atoms with Crippen LogP contribution in [0.25, 0.3) is 12.2 Å². The number of nitro groups is 1. The van der Waals surface area contributed by atoms with Crippen molar-refractivity contribution in [3.8, 4) is 17.2 Å². The van der Waals surface area contributed by atoms with Crippen LogP contribution in [0.15, 0.2) is 36.4 Å². The van der Waals surface area contributed by atoms with Gasteiger partial charge >= 0.3 is 0 Å². The Morgan fingerprint density at radius 3 is 1.83 bits per heavy atom. The van der Waals surface area contributed by atoms with Crippen molar-refractivity contribution >= 4 is 17.8 Å². The minimum absolute atomic E-state index is 0.0648. The van der Waals surface area contributed by atoms with Crippen molar-refractivity contribution < 1.29 is 19.1 Å². The minimum atomic E-state index is -0.424. The molecular formula is C17H17NO5. The number of nitro benzene ring substituents is 1. The third-order valence-corrected chi connectivity index (χ3v) is 3.26. The van der Waals surface area contributed by atoms with Crippen molar-refractivity contribution in [2.45, 2.75) is 0 Å². The SMILES string of the molecule is COc1cc(/C=C\c2ccc([N+](=O)[O-])cc2)cc(OC)c1OC. The predicted molar refractivity (Wildman–Crippen MR) is 88.1 cm³/mol. The molecule has 2 rings (SSSR count). The lowest BCUT2D eigenvalue weighted by Gasteiger charge is -2.12. The monoisotopic (exact) mass is 315 g/mol. The van der Waals surface area contributed by atoms with Gasteiger partial charge in [0, 0.05) is 12.1 Å². The van der Waals surface area contributed by atoms with Crippen LogP contribution in [-0.4, -0.2) is 26.3 Å². The molecule has 0 fully saturated rings. The van der Waals surface area contributed by atoms with Crippen LogP contribution in [0, 0.1) is 10.1 Å². The van der Waals surface area contributed by atoms with Crippen LogP contribution in [0.5, 0.6) is 17.2 Å². The van der Waals surface area contributed by atoms with Crippen molar-refractivity contribution in [1.29, 1.82) is 0 Å². The molecule has 6 nitrogen and oxygen atoms in total. The van der Waals surface area contributed by atoms with E-state index in [2.05, 4.69) is 0 Å². The number of rotatable bonds is 6. The largest absolute Gasteiger partial charge is 0.493 e. The van der Waals surface area contributed by atoms with Crippen molar-refractivity contribution in [2.24, 2.45) is 0 Å². The van der Waals surface area contributed by atoms with E-state index in [0.29, 0.717) is 17.2 Å². The Balaban J connectivity index is 2.30. The van der Waals surface area contributed by atoms with E-state index in [1.807, 2.05) is 24.3 Å². The number of hydrogen-bond acceptors (Lipinski definition) is 5. The summed E-state index contributed by atoms with van der Waals surface area (Å²) in [5.41, 5.74) is 1.78. The Morgan fingerprint density at radius 1 is 0.870 bits per heavy atom. The van der Waals surface area contributed by atoms with Crippen LogP contribution in [0.4, 0.5) is 5.69 Å². The topological polar surface area (TPSA) is 70.8 Å². The maximum atomic E-state index is 10.6. The molecule has 0 heterocycles. The van der Waals surface area contributed by atoms with E-state index in [9.17, 15) is 10.1 Å². The van der Waals surface area contributed by atoms with E-state index in [1.54, 1.807) is 33.5 Å². The first-order valence-corrected chi connectivity index (χ1v) is 6.81. The first kappa shape index (κ1) is 16.4. The third kappa shape index (κ3) is 3.79. The van der Waals surface area contributed by atoms with Crippen molar-refractivity contribution in [3.05, 3.63) is 57.6 Å². The van der Waals surface area contributed by atoms with Gasteiger partial charge in [-0.1, -0.05) is 12.2 Å². The molecule has 0 aliphatic carbocycles. The Kier molecular flexibility index (Phi) is 5.19. The number of hydrogen-bond donors (Lipinski definition) is 0. The molecule has 0 N–H and O–H groups in total. The van der Waals surface area contributed by atoms with Gasteiger partial charge in [0.05, 0.1) is 26.3 Å². The number of nitrogens with zero attached hydrogens (tertiary/aromatic N) is 1. The van der Waals surface area contributed by atoms with E-state index < -0.39 is 4.92 Å². The molecule has 0 aromatic heterocycles. The molecule has 0 amide bonds. The van der Waals surface area contributed by atoms with Gasteiger partial charge in [-0.05, 0) is 35.4 Å². The van der Waals surface area contributed by atoms with Crippen LogP contribution >= 0.6 is 0 Å². The van der Waals surface area contributed by atoms with Crippen LogP contribution in [0.1, 0.15) is 11.1 Å². The van der Waals surface area contributed by atoms with Gasteiger partial charge in [0.1, 0.15) is 0 Å². The fourth-order valence-electron chi connectivity index (χ4n) is 2.10. The Morgan fingerprint density at radius 2 is 1.39 bits per heavy atom. The molecule has 120 valence electrons. The highest BCUT2D eigenvalue weighted by molar-refractivity contribution is 5.73. The van der Waals surface area contributed by atoms with Gasteiger partial charge in [-0.15, -0.1) is 0 Å². The zero-order chi connectivity index (χ0) is 16.8. The highest BCUT2D eigenvalue weighted by Gasteiger charge is 2.12. The molecule has 0 aliphatic heterocycles. The van der Waals surface area contributed by atoms with Crippen LogP contribution in [0.3, 0.4) is 0 Å². The second-order valence-electron chi connectivity index (χ2n) is 4.64. The van der Waals surface area contributed by atoms with Gasteiger partial charge in [-0.25, -0.2) is 0 Å². The zero-order valence-electron chi connectivity index (χ0n) is 13.1. The van der Waals surface area contributed by atoms with Gasteiger partial charge in [0.25, 0.3) is 5.69 Å². The smallest absolute Gasteiger partial charge is 0.269 e. The lowest BCUT2D eigenvalue weighted by Crippen LogP contribution is -1.95. The Labute approximate surface area is 134 Å². The summed E-state index contributed by atoms with van der Waals surface area (Å²) in [7, 11) is 4.66. The normalized spacial score (nSPS) is 10.6. The number of non-ortho nitro benzene ring substituents is 1. The molecule has 0 aliphatic rings. The molecule has 0 unspecified atom stereocenters. The van der Waals surface area contributed by atoms with Gasteiger partial charge in [0.15, 0.2) is 11.5 Å². The van der Waals surface area contributed by atoms with E-state index in [-0.39, 0.29) is 5.69 Å². The molecule has 0 radical (unpaired) electrons. The summed E-state index contributed by atoms with van der Waals surface area (Å²) in [4.78, 5) is 10.2. The molecule has 23 heavy (non-hydrogen) atoms. The van der Waals surface area contributed by atoms with Crippen LogP contribution < -0.4 is 14.2 Å². The summed E-state index contributed by atoms with van der Waals surface area (Å²) in [5.74, 6) is 1.66.